The van der Waals surface area contributed by atoms with Crippen molar-refractivity contribution in [3.8, 4) is 11.3 Å². The summed E-state index contributed by atoms with van der Waals surface area (Å²) in [6, 6.07) is 21.7. The summed E-state index contributed by atoms with van der Waals surface area (Å²) in [4.78, 5) is 38.6. The maximum absolute atomic E-state index is 14.3. The van der Waals surface area contributed by atoms with Crippen LogP contribution in [0.3, 0.4) is 0 Å². The Bertz CT molecular complexity index is 2080. The fourth-order valence-corrected chi connectivity index (χ4v) is 6.88. The van der Waals surface area contributed by atoms with Crippen molar-refractivity contribution in [1.82, 2.24) is 9.55 Å². The van der Waals surface area contributed by atoms with Crippen molar-refractivity contribution in [2.45, 2.75) is 33.7 Å². The molecule has 0 amide bonds. The third-order valence-electron chi connectivity index (χ3n) is 7.87. The van der Waals surface area contributed by atoms with Gasteiger partial charge in [-0.2, -0.15) is 0 Å². The van der Waals surface area contributed by atoms with Gasteiger partial charge in [0.2, 0.25) is 0 Å². The Kier molecular flexibility index (Phi) is 7.40. The average Bonchev–Trinajstić information content (AvgIpc) is 3.50. The van der Waals surface area contributed by atoms with Gasteiger partial charge in [-0.1, -0.05) is 65.4 Å². The van der Waals surface area contributed by atoms with E-state index in [0.29, 0.717) is 20.6 Å². The minimum atomic E-state index is -0.658. The normalized spacial score (nSPS) is 15.0. The molecule has 3 heterocycles. The van der Waals surface area contributed by atoms with Crippen molar-refractivity contribution in [2.75, 3.05) is 25.6 Å². The summed E-state index contributed by atoms with van der Waals surface area (Å²) in [7, 11) is 3.95. The smallest absolute Gasteiger partial charge is 0.338 e. The summed E-state index contributed by atoms with van der Waals surface area (Å²) in [5, 5.41) is 1.06. The quantitative estimate of drug-likeness (QED) is 0.260. The Morgan fingerprint density at radius 3 is 2.47 bits per heavy atom. The topological polar surface area (TPSA) is 79.7 Å². The molecule has 0 radical (unpaired) electrons. The molecular formula is C35H34N4O3S. The van der Waals surface area contributed by atoms with Crippen LogP contribution in [-0.4, -0.2) is 36.2 Å². The fraction of sp³-hybridized carbons (Fsp3) is 0.229. The van der Waals surface area contributed by atoms with E-state index in [9.17, 15) is 9.59 Å². The first kappa shape index (κ1) is 28.4. The number of anilines is 1. The zero-order chi connectivity index (χ0) is 30.4. The Labute approximate surface area is 254 Å². The molecule has 0 aliphatic carbocycles. The van der Waals surface area contributed by atoms with Crippen LogP contribution in [0.5, 0.6) is 0 Å². The lowest BCUT2D eigenvalue weighted by atomic mass is 9.95. The molecular weight excluding hydrogens is 556 g/mol. The summed E-state index contributed by atoms with van der Waals surface area (Å²) in [6.07, 6.45) is 1.97. The lowest BCUT2D eigenvalue weighted by Gasteiger charge is -2.25. The van der Waals surface area contributed by atoms with E-state index in [1.165, 1.54) is 11.3 Å². The highest BCUT2D eigenvalue weighted by molar-refractivity contribution is 7.07. The molecule has 1 aliphatic heterocycles. The molecule has 7 nitrogen and oxygen atoms in total. The van der Waals surface area contributed by atoms with Gasteiger partial charge in [0.1, 0.15) is 0 Å². The van der Waals surface area contributed by atoms with Crippen molar-refractivity contribution >= 4 is 40.0 Å². The predicted molar refractivity (Wildman–Crippen MR) is 174 cm³/mol. The van der Waals surface area contributed by atoms with Crippen LogP contribution in [0.4, 0.5) is 5.69 Å². The number of aromatic amines is 1. The van der Waals surface area contributed by atoms with Gasteiger partial charge in [-0.25, -0.2) is 9.79 Å². The molecule has 0 unspecified atom stereocenters. The van der Waals surface area contributed by atoms with Gasteiger partial charge < -0.3 is 14.6 Å². The number of aromatic nitrogens is 2. The molecule has 0 saturated carbocycles. The number of carbonyl (C=O) groups is 1. The number of aryl methyl sites for hydroxylation is 2. The fourth-order valence-electron chi connectivity index (χ4n) is 5.85. The Hall–Kier alpha value is -4.69. The number of allylic oxidation sites excluding steroid dienone is 1. The lowest BCUT2D eigenvalue weighted by Crippen LogP contribution is -2.40. The van der Waals surface area contributed by atoms with E-state index in [1.54, 1.807) is 11.5 Å². The molecule has 0 saturated heterocycles. The number of esters is 1. The van der Waals surface area contributed by atoms with Crippen LogP contribution < -0.4 is 19.8 Å². The zero-order valence-electron chi connectivity index (χ0n) is 25.2. The Balaban J connectivity index is 1.61. The molecule has 6 rings (SSSR count). The monoisotopic (exact) mass is 590 g/mol. The van der Waals surface area contributed by atoms with E-state index in [4.69, 9.17) is 9.73 Å². The van der Waals surface area contributed by atoms with E-state index in [2.05, 4.69) is 43.1 Å². The molecule has 0 spiro atoms. The van der Waals surface area contributed by atoms with Gasteiger partial charge in [0.05, 0.1) is 34.1 Å². The van der Waals surface area contributed by atoms with Crippen molar-refractivity contribution < 1.29 is 9.53 Å². The first-order valence-corrected chi connectivity index (χ1v) is 15.1. The van der Waals surface area contributed by atoms with Crippen molar-refractivity contribution in [1.29, 1.82) is 0 Å². The summed E-state index contributed by atoms with van der Waals surface area (Å²) in [6.45, 7) is 8.00. The third kappa shape index (κ3) is 5.02. The van der Waals surface area contributed by atoms with Gasteiger partial charge in [-0.3, -0.25) is 9.36 Å². The van der Waals surface area contributed by atoms with Crippen LogP contribution in [-0.2, 0) is 9.53 Å². The number of nitrogens with zero attached hydrogens (tertiary/aromatic N) is 3. The molecule has 1 atom stereocenters. The van der Waals surface area contributed by atoms with Gasteiger partial charge in [0.15, 0.2) is 4.80 Å². The van der Waals surface area contributed by atoms with Crippen LogP contribution in [0.2, 0.25) is 0 Å². The highest BCUT2D eigenvalue weighted by Gasteiger charge is 2.33. The maximum atomic E-state index is 14.3. The maximum Gasteiger partial charge on any atom is 0.338 e. The first-order valence-electron chi connectivity index (χ1n) is 14.3. The SMILES string of the molecule is CCOC(=O)C1=C(C)N=c2s/c(=C/c3c(-c4ccccc4)[nH]c4c(C)cc(C)cc34)c(=O)n2[C@H]1c1ccc(N(C)C)cc1. The molecule has 1 N–H and O–H groups in total. The first-order chi connectivity index (χ1) is 20.7. The summed E-state index contributed by atoms with van der Waals surface area (Å²) >= 11 is 1.34. The average molecular weight is 591 g/mol. The number of benzene rings is 3. The number of ether oxygens (including phenoxy) is 1. The van der Waals surface area contributed by atoms with Crippen molar-refractivity contribution in [3.05, 3.63) is 120 Å². The van der Waals surface area contributed by atoms with Gasteiger partial charge in [0.25, 0.3) is 5.56 Å². The van der Waals surface area contributed by atoms with Crippen LogP contribution in [0.15, 0.2) is 87.8 Å². The lowest BCUT2D eigenvalue weighted by molar-refractivity contribution is -0.139. The largest absolute Gasteiger partial charge is 0.463 e. The predicted octanol–water partition coefficient (Wildman–Crippen LogP) is 5.63. The molecule has 0 bridgehead atoms. The second kappa shape index (κ2) is 11.2. The molecule has 218 valence electrons. The van der Waals surface area contributed by atoms with Gasteiger partial charge in [-0.15, -0.1) is 0 Å². The summed E-state index contributed by atoms with van der Waals surface area (Å²) < 4.78 is 7.65. The number of rotatable bonds is 6. The number of H-pyrrole nitrogens is 1. The molecule has 0 fully saturated rings. The van der Waals surface area contributed by atoms with Gasteiger partial charge >= 0.3 is 5.97 Å². The van der Waals surface area contributed by atoms with Gasteiger partial charge in [0, 0.05) is 36.2 Å². The Morgan fingerprint density at radius 2 is 1.79 bits per heavy atom. The second-order valence-corrected chi connectivity index (χ2v) is 12.1. The number of carbonyl (C=O) groups excluding carboxylic acids is 1. The molecule has 1 aliphatic rings. The van der Waals surface area contributed by atoms with Crippen LogP contribution in [0.25, 0.3) is 28.2 Å². The second-order valence-electron chi connectivity index (χ2n) is 11.1. The van der Waals surface area contributed by atoms with Crippen LogP contribution in [0.1, 0.15) is 42.1 Å². The van der Waals surface area contributed by atoms with Crippen molar-refractivity contribution in [3.63, 3.8) is 0 Å². The third-order valence-corrected chi connectivity index (χ3v) is 8.85. The van der Waals surface area contributed by atoms with Crippen LogP contribution >= 0.6 is 11.3 Å². The highest BCUT2D eigenvalue weighted by atomic mass is 32.1. The molecule has 43 heavy (non-hydrogen) atoms. The highest BCUT2D eigenvalue weighted by Crippen LogP contribution is 2.34. The molecule has 8 heteroatoms. The van der Waals surface area contributed by atoms with Crippen LogP contribution in [0, 0.1) is 13.8 Å². The Morgan fingerprint density at radius 1 is 1.07 bits per heavy atom. The minimum absolute atomic E-state index is 0.197. The number of nitrogens with one attached hydrogen (secondary N) is 1. The zero-order valence-corrected chi connectivity index (χ0v) is 26.0. The number of hydrogen-bond acceptors (Lipinski definition) is 6. The van der Waals surface area contributed by atoms with Crippen molar-refractivity contribution in [2.24, 2.45) is 4.99 Å². The summed E-state index contributed by atoms with van der Waals surface area (Å²) in [5.74, 6) is -0.464. The molecule has 2 aromatic heterocycles. The summed E-state index contributed by atoms with van der Waals surface area (Å²) in [5.41, 5.74) is 8.85. The number of fused-ring (bicyclic) bond motifs is 2. The molecule has 3 aromatic carbocycles. The van der Waals surface area contributed by atoms with E-state index < -0.39 is 12.0 Å². The minimum Gasteiger partial charge on any atom is -0.463 e. The molecule has 5 aromatic rings. The van der Waals surface area contributed by atoms with E-state index >= 15 is 0 Å². The van der Waals surface area contributed by atoms with E-state index in [-0.39, 0.29) is 12.2 Å². The van der Waals surface area contributed by atoms with E-state index in [1.807, 2.05) is 74.5 Å². The standard InChI is InChI=1S/C35H34N4O3S/c1-7-42-34(41)29-22(4)36-35-39(32(29)24-13-15-25(16-14-24)38(5)6)33(40)28(43-35)19-27-26-18-20(2)17-21(3)30(26)37-31(27)23-11-9-8-10-12-23/h8-19,32,37H,7H2,1-6H3/b28-19+/t32-/m0/s1. The van der Waals surface area contributed by atoms with Gasteiger partial charge in [-0.05, 0) is 68.7 Å². The number of thiazole rings is 1. The van der Waals surface area contributed by atoms with E-state index in [0.717, 1.165) is 50.1 Å². The number of hydrogen-bond donors (Lipinski definition) is 1.